The molecule has 0 unspecified atom stereocenters. The number of amides is 2. The smallest absolute Gasteiger partial charge is 0.319 e. The minimum absolute atomic E-state index is 0.303. The summed E-state index contributed by atoms with van der Waals surface area (Å²) < 4.78 is 7.76. The van der Waals surface area contributed by atoms with Crippen LogP contribution in [0.1, 0.15) is 5.69 Å². The van der Waals surface area contributed by atoms with Crippen molar-refractivity contribution in [3.05, 3.63) is 40.6 Å². The zero-order valence-electron chi connectivity index (χ0n) is 11.2. The Hall–Kier alpha value is -2.02. The Labute approximate surface area is 125 Å². The van der Waals surface area contributed by atoms with Crippen LogP contribution >= 0.6 is 15.9 Å². The predicted octanol–water partition coefficient (Wildman–Crippen LogP) is 2.51. The Bertz CT molecular complexity index is 612. The second-order valence-corrected chi connectivity index (χ2v) is 5.01. The number of aryl methyl sites for hydroxylation is 1. The van der Waals surface area contributed by atoms with E-state index in [-0.39, 0.29) is 6.03 Å². The number of ether oxygens (including phenoxy) is 1. The van der Waals surface area contributed by atoms with Crippen molar-refractivity contribution in [3.8, 4) is 5.75 Å². The van der Waals surface area contributed by atoms with Gasteiger partial charge in [-0.25, -0.2) is 4.79 Å². The number of halogens is 1. The molecule has 0 aliphatic heterocycles. The number of carbonyl (C=O) groups excluding carboxylic acids is 1. The van der Waals surface area contributed by atoms with Gasteiger partial charge in [-0.3, -0.25) is 4.68 Å². The first-order chi connectivity index (χ1) is 9.60. The molecular formula is C13H15BrN4O2. The normalized spacial score (nSPS) is 10.2. The molecule has 0 fully saturated rings. The molecule has 0 radical (unpaired) electrons. The van der Waals surface area contributed by atoms with Crippen LogP contribution in [-0.4, -0.2) is 22.9 Å². The van der Waals surface area contributed by atoms with Crippen LogP contribution in [0.2, 0.25) is 0 Å². The highest BCUT2D eigenvalue weighted by molar-refractivity contribution is 9.10. The van der Waals surface area contributed by atoms with Crippen molar-refractivity contribution in [1.29, 1.82) is 0 Å². The number of urea groups is 1. The van der Waals surface area contributed by atoms with Crippen LogP contribution in [0.15, 0.2) is 34.9 Å². The predicted molar refractivity (Wildman–Crippen MR) is 79.8 cm³/mol. The fourth-order valence-corrected chi connectivity index (χ4v) is 2.05. The van der Waals surface area contributed by atoms with Gasteiger partial charge < -0.3 is 15.4 Å². The van der Waals surface area contributed by atoms with E-state index in [1.807, 2.05) is 19.2 Å². The molecule has 1 aromatic heterocycles. The summed E-state index contributed by atoms with van der Waals surface area (Å²) in [5.74, 6) is 0.601. The maximum absolute atomic E-state index is 11.9. The minimum Gasteiger partial charge on any atom is -0.495 e. The lowest BCUT2D eigenvalue weighted by atomic mass is 10.3. The second-order valence-electron chi connectivity index (χ2n) is 4.10. The highest BCUT2D eigenvalue weighted by Gasteiger charge is 2.08. The standard InChI is InChI=1S/C13H15BrN4O2/c1-18-10(5-6-16-18)8-15-13(19)17-11-7-9(14)3-4-12(11)20-2/h3-7H,8H2,1-2H3,(H2,15,17,19). The summed E-state index contributed by atoms with van der Waals surface area (Å²) in [6.45, 7) is 0.401. The lowest BCUT2D eigenvalue weighted by molar-refractivity contribution is 0.251. The van der Waals surface area contributed by atoms with Gasteiger partial charge in [0.1, 0.15) is 5.75 Å². The average Bonchev–Trinajstić information content (AvgIpc) is 2.82. The van der Waals surface area contributed by atoms with E-state index in [2.05, 4.69) is 31.7 Å². The van der Waals surface area contributed by atoms with Crippen molar-refractivity contribution in [3.63, 3.8) is 0 Å². The van der Waals surface area contributed by atoms with E-state index in [9.17, 15) is 4.79 Å². The van der Waals surface area contributed by atoms with Gasteiger partial charge in [-0.2, -0.15) is 5.10 Å². The molecule has 2 N–H and O–H groups in total. The molecule has 106 valence electrons. The van der Waals surface area contributed by atoms with E-state index in [0.29, 0.717) is 18.0 Å². The molecule has 0 bridgehead atoms. The van der Waals surface area contributed by atoms with Gasteiger partial charge in [0, 0.05) is 17.7 Å². The zero-order valence-corrected chi connectivity index (χ0v) is 12.8. The van der Waals surface area contributed by atoms with E-state index < -0.39 is 0 Å². The molecule has 7 heteroatoms. The number of anilines is 1. The molecule has 6 nitrogen and oxygen atoms in total. The molecule has 0 aliphatic rings. The Kier molecular flexibility index (Phi) is 4.62. The van der Waals surface area contributed by atoms with E-state index in [4.69, 9.17) is 4.74 Å². The van der Waals surface area contributed by atoms with Crippen LogP contribution in [0.25, 0.3) is 0 Å². The molecular weight excluding hydrogens is 324 g/mol. The molecule has 2 amide bonds. The van der Waals surface area contributed by atoms with Crippen molar-refractivity contribution >= 4 is 27.6 Å². The summed E-state index contributed by atoms with van der Waals surface area (Å²) in [5, 5.41) is 9.55. The fourth-order valence-electron chi connectivity index (χ4n) is 1.69. The molecule has 0 aliphatic carbocycles. The van der Waals surface area contributed by atoms with Crippen LogP contribution in [0.3, 0.4) is 0 Å². The van der Waals surface area contributed by atoms with E-state index >= 15 is 0 Å². The topological polar surface area (TPSA) is 68.2 Å². The number of benzene rings is 1. The monoisotopic (exact) mass is 338 g/mol. The van der Waals surface area contributed by atoms with Gasteiger partial charge in [-0.05, 0) is 24.3 Å². The highest BCUT2D eigenvalue weighted by atomic mass is 79.9. The summed E-state index contributed by atoms with van der Waals surface area (Å²) >= 11 is 3.36. The van der Waals surface area contributed by atoms with Crippen molar-refractivity contribution in [2.45, 2.75) is 6.54 Å². The third kappa shape index (κ3) is 3.51. The summed E-state index contributed by atoms with van der Waals surface area (Å²) in [6, 6.07) is 6.95. The van der Waals surface area contributed by atoms with Crippen molar-refractivity contribution in [2.24, 2.45) is 7.05 Å². The molecule has 2 aromatic rings. The third-order valence-electron chi connectivity index (χ3n) is 2.76. The molecule has 0 saturated carbocycles. The maximum atomic E-state index is 11.9. The molecule has 0 spiro atoms. The highest BCUT2D eigenvalue weighted by Crippen LogP contribution is 2.27. The summed E-state index contributed by atoms with van der Waals surface area (Å²) in [4.78, 5) is 11.9. The molecule has 0 saturated heterocycles. The second kappa shape index (κ2) is 6.42. The number of hydrogen-bond donors (Lipinski definition) is 2. The Morgan fingerprint density at radius 1 is 1.45 bits per heavy atom. The molecule has 20 heavy (non-hydrogen) atoms. The number of nitrogens with one attached hydrogen (secondary N) is 2. The lowest BCUT2D eigenvalue weighted by Crippen LogP contribution is -2.29. The molecule has 0 atom stereocenters. The van der Waals surface area contributed by atoms with E-state index in [0.717, 1.165) is 10.2 Å². The summed E-state index contributed by atoms with van der Waals surface area (Å²) in [7, 11) is 3.38. The Morgan fingerprint density at radius 3 is 2.90 bits per heavy atom. The number of carbonyl (C=O) groups is 1. The van der Waals surface area contributed by atoms with Crippen molar-refractivity contribution in [1.82, 2.24) is 15.1 Å². The van der Waals surface area contributed by atoms with Gasteiger partial charge in [-0.15, -0.1) is 0 Å². The number of methoxy groups -OCH3 is 1. The number of nitrogens with zero attached hydrogens (tertiary/aromatic N) is 2. The number of rotatable bonds is 4. The SMILES string of the molecule is COc1ccc(Br)cc1NC(=O)NCc1ccnn1C. The van der Waals surface area contributed by atoms with Crippen molar-refractivity contribution < 1.29 is 9.53 Å². The number of aromatic nitrogens is 2. The molecule has 1 aromatic carbocycles. The minimum atomic E-state index is -0.303. The first kappa shape index (κ1) is 14.4. The van der Waals surface area contributed by atoms with Gasteiger partial charge in [-0.1, -0.05) is 15.9 Å². The van der Waals surface area contributed by atoms with Crippen LogP contribution in [-0.2, 0) is 13.6 Å². The summed E-state index contributed by atoms with van der Waals surface area (Å²) in [6.07, 6.45) is 1.69. The first-order valence-corrected chi connectivity index (χ1v) is 6.74. The Balaban J connectivity index is 1.98. The van der Waals surface area contributed by atoms with Gasteiger partial charge in [0.15, 0.2) is 0 Å². The Morgan fingerprint density at radius 2 is 2.25 bits per heavy atom. The van der Waals surface area contributed by atoms with Gasteiger partial charge >= 0.3 is 6.03 Å². The largest absolute Gasteiger partial charge is 0.495 e. The third-order valence-corrected chi connectivity index (χ3v) is 3.26. The fraction of sp³-hybridized carbons (Fsp3) is 0.231. The van der Waals surface area contributed by atoms with E-state index in [1.54, 1.807) is 30.1 Å². The lowest BCUT2D eigenvalue weighted by Gasteiger charge is -2.11. The molecule has 2 rings (SSSR count). The van der Waals surface area contributed by atoms with Crippen LogP contribution in [0.5, 0.6) is 5.75 Å². The first-order valence-electron chi connectivity index (χ1n) is 5.95. The average molecular weight is 339 g/mol. The maximum Gasteiger partial charge on any atom is 0.319 e. The number of hydrogen-bond acceptors (Lipinski definition) is 3. The quantitative estimate of drug-likeness (QED) is 0.899. The van der Waals surface area contributed by atoms with Gasteiger partial charge in [0.05, 0.1) is 25.0 Å². The summed E-state index contributed by atoms with van der Waals surface area (Å²) in [5.41, 5.74) is 1.52. The van der Waals surface area contributed by atoms with Crippen molar-refractivity contribution in [2.75, 3.05) is 12.4 Å². The zero-order chi connectivity index (χ0) is 14.5. The van der Waals surface area contributed by atoms with Crippen LogP contribution in [0, 0.1) is 0 Å². The van der Waals surface area contributed by atoms with Crippen LogP contribution in [0.4, 0.5) is 10.5 Å². The van der Waals surface area contributed by atoms with Gasteiger partial charge in [0.25, 0.3) is 0 Å². The molecule has 1 heterocycles. The van der Waals surface area contributed by atoms with E-state index in [1.165, 1.54) is 0 Å². The van der Waals surface area contributed by atoms with Gasteiger partial charge in [0.2, 0.25) is 0 Å². The van der Waals surface area contributed by atoms with Crippen LogP contribution < -0.4 is 15.4 Å².